The van der Waals surface area contributed by atoms with Crippen molar-refractivity contribution < 1.29 is 15.0 Å². The van der Waals surface area contributed by atoms with Crippen LogP contribution in [0.15, 0.2) is 76.8 Å². The van der Waals surface area contributed by atoms with Gasteiger partial charge in [0.15, 0.2) is 0 Å². The number of anilines is 1. The minimum absolute atomic E-state index is 0.0787. The summed E-state index contributed by atoms with van der Waals surface area (Å²) in [7, 11) is 0. The fourth-order valence-corrected chi connectivity index (χ4v) is 5.97. The van der Waals surface area contributed by atoms with Crippen LogP contribution in [0.25, 0.3) is 0 Å². The fourth-order valence-electron chi connectivity index (χ4n) is 5.80. The van der Waals surface area contributed by atoms with Gasteiger partial charge in [0.1, 0.15) is 6.23 Å². The lowest BCUT2D eigenvalue weighted by Crippen LogP contribution is -2.43. The monoisotopic (exact) mass is 574 g/mol. The van der Waals surface area contributed by atoms with Gasteiger partial charge in [-0.25, -0.2) is 0 Å². The molecule has 0 amide bonds. The van der Waals surface area contributed by atoms with Crippen molar-refractivity contribution in [1.82, 2.24) is 4.90 Å². The number of aliphatic imine (C=N–C) groups is 1. The standard InChI is InChI=1S/C33H39ClN4O3/c1-23(7-5-6-10-30(39)40)31(24-11-14-27(34)15-12-24)37-29-16-13-25(21-28(29)36)32(41)38-19-17-33(22-35,18-20-38)26-8-3-2-4-9-26/h2-4,8-9,11,13-16,21,23-24,32,41H,5-7,10,12,17-20,36H2,1H3,(H,39,40). The van der Waals surface area contributed by atoms with E-state index in [0.29, 0.717) is 54.3 Å². The number of carboxylic acids is 1. The summed E-state index contributed by atoms with van der Waals surface area (Å²) >= 11 is 6.17. The van der Waals surface area contributed by atoms with Crippen molar-refractivity contribution in [3.63, 3.8) is 0 Å². The maximum absolute atomic E-state index is 11.2. The molecule has 0 aromatic heterocycles. The van der Waals surface area contributed by atoms with E-state index in [2.05, 4.69) is 19.1 Å². The number of unbranched alkanes of at least 4 members (excludes halogenated alkanes) is 1. The van der Waals surface area contributed by atoms with E-state index in [1.807, 2.05) is 59.5 Å². The van der Waals surface area contributed by atoms with Gasteiger partial charge < -0.3 is 15.9 Å². The number of hydrogen-bond acceptors (Lipinski definition) is 6. The first-order chi connectivity index (χ1) is 19.7. The van der Waals surface area contributed by atoms with Gasteiger partial charge in [0.2, 0.25) is 0 Å². The summed E-state index contributed by atoms with van der Waals surface area (Å²) in [6.07, 6.45) is 9.56. The number of aliphatic hydroxyl groups excluding tert-OH is 1. The van der Waals surface area contributed by atoms with Gasteiger partial charge in [-0.2, -0.15) is 5.26 Å². The number of aliphatic carboxylic acids is 1. The highest BCUT2D eigenvalue weighted by molar-refractivity contribution is 6.31. The molecular weight excluding hydrogens is 536 g/mol. The van der Waals surface area contributed by atoms with Gasteiger partial charge in [-0.1, -0.05) is 73.5 Å². The molecule has 1 fully saturated rings. The maximum Gasteiger partial charge on any atom is 0.303 e. The van der Waals surface area contributed by atoms with Crippen LogP contribution in [0.1, 0.15) is 69.2 Å². The molecule has 2 aromatic carbocycles. The van der Waals surface area contributed by atoms with Gasteiger partial charge in [0.25, 0.3) is 0 Å². The smallest absolute Gasteiger partial charge is 0.303 e. The predicted octanol–water partition coefficient (Wildman–Crippen LogP) is 6.87. The normalized spacial score (nSPS) is 20.6. The van der Waals surface area contributed by atoms with E-state index in [9.17, 15) is 15.2 Å². The number of aliphatic hydroxyl groups is 1. The Hall–Kier alpha value is -3.44. The lowest BCUT2D eigenvalue weighted by Gasteiger charge is -2.39. The first-order valence-corrected chi connectivity index (χ1v) is 14.7. The number of piperidine rings is 1. The summed E-state index contributed by atoms with van der Waals surface area (Å²) in [6, 6.07) is 17.9. The molecule has 2 aliphatic rings. The lowest BCUT2D eigenvalue weighted by atomic mass is 9.74. The third-order valence-corrected chi connectivity index (χ3v) is 8.63. The van der Waals surface area contributed by atoms with Crippen LogP contribution in [0.4, 0.5) is 11.4 Å². The predicted molar refractivity (Wildman–Crippen MR) is 164 cm³/mol. The highest BCUT2D eigenvalue weighted by atomic mass is 35.5. The van der Waals surface area contributed by atoms with E-state index in [-0.39, 0.29) is 18.3 Å². The number of halogens is 1. The first kappa shape index (κ1) is 30.5. The van der Waals surface area contributed by atoms with Crippen LogP contribution >= 0.6 is 11.6 Å². The molecule has 3 atom stereocenters. The lowest BCUT2D eigenvalue weighted by molar-refractivity contribution is -0.137. The molecule has 1 saturated heterocycles. The summed E-state index contributed by atoms with van der Waals surface area (Å²) in [5.41, 5.74) is 9.79. The van der Waals surface area contributed by atoms with Crippen molar-refractivity contribution in [1.29, 1.82) is 5.26 Å². The van der Waals surface area contributed by atoms with Crippen molar-refractivity contribution in [2.45, 2.75) is 63.5 Å². The van der Waals surface area contributed by atoms with Crippen molar-refractivity contribution in [3.8, 4) is 6.07 Å². The van der Waals surface area contributed by atoms with Crippen LogP contribution in [-0.2, 0) is 10.2 Å². The zero-order valence-corrected chi connectivity index (χ0v) is 24.3. The largest absolute Gasteiger partial charge is 0.481 e. The topological polar surface area (TPSA) is 123 Å². The number of nitrogen functional groups attached to an aromatic ring is 1. The quantitative estimate of drug-likeness (QED) is 0.153. The van der Waals surface area contributed by atoms with Gasteiger partial charge in [-0.05, 0) is 67.4 Å². The average Bonchev–Trinajstić information content (AvgIpc) is 2.99. The summed E-state index contributed by atoms with van der Waals surface area (Å²) in [4.78, 5) is 17.9. The van der Waals surface area contributed by atoms with E-state index in [4.69, 9.17) is 27.4 Å². The minimum atomic E-state index is -0.830. The molecule has 4 N–H and O–H groups in total. The fraction of sp³-hybridized carbons (Fsp3) is 0.424. The van der Waals surface area contributed by atoms with Crippen LogP contribution in [0, 0.1) is 23.2 Å². The number of nitriles is 1. The number of hydrogen-bond donors (Lipinski definition) is 3. The van der Waals surface area contributed by atoms with Crippen molar-refractivity contribution in [3.05, 3.63) is 82.9 Å². The van der Waals surface area contributed by atoms with E-state index < -0.39 is 17.6 Å². The Bertz CT molecular complexity index is 1340. The highest BCUT2D eigenvalue weighted by Gasteiger charge is 2.38. The van der Waals surface area contributed by atoms with Crippen molar-refractivity contribution in [2.75, 3.05) is 18.8 Å². The SMILES string of the molecule is CC(CCCCC(=O)O)C(=Nc1ccc(C(O)N2CCC(C#N)(c3ccccc3)CC2)cc1N)C1C=CC(Cl)=CC1. The number of allylic oxidation sites excluding steroid dienone is 4. The molecular formula is C33H39ClN4O3. The van der Waals surface area contributed by atoms with Crippen molar-refractivity contribution in [2.24, 2.45) is 16.8 Å². The second-order valence-corrected chi connectivity index (χ2v) is 11.6. The zero-order chi connectivity index (χ0) is 29.4. The molecule has 0 saturated carbocycles. The second kappa shape index (κ2) is 14.0. The van der Waals surface area contributed by atoms with E-state index in [1.54, 1.807) is 6.07 Å². The molecule has 4 rings (SSSR count). The first-order valence-electron chi connectivity index (χ1n) is 14.3. The molecule has 1 aliphatic carbocycles. The Labute approximate surface area is 247 Å². The second-order valence-electron chi connectivity index (χ2n) is 11.2. The summed E-state index contributed by atoms with van der Waals surface area (Å²) in [5.74, 6) is -0.566. The molecule has 7 nitrogen and oxygen atoms in total. The summed E-state index contributed by atoms with van der Waals surface area (Å²) in [5, 5.41) is 30.9. The summed E-state index contributed by atoms with van der Waals surface area (Å²) in [6.45, 7) is 3.31. The average molecular weight is 575 g/mol. The number of benzene rings is 2. The third-order valence-electron chi connectivity index (χ3n) is 8.35. The Kier molecular flexibility index (Phi) is 10.4. The third kappa shape index (κ3) is 7.65. The number of carboxylic acid groups (broad SMARTS) is 1. The Morgan fingerprint density at radius 3 is 2.56 bits per heavy atom. The van der Waals surface area contributed by atoms with Gasteiger partial charge in [0.05, 0.1) is 22.9 Å². The van der Waals surface area contributed by atoms with Gasteiger partial charge in [-0.3, -0.25) is 14.7 Å². The number of rotatable bonds is 11. The van der Waals surface area contributed by atoms with Crippen LogP contribution in [0.3, 0.4) is 0 Å². The molecule has 41 heavy (non-hydrogen) atoms. The molecule has 2 aromatic rings. The van der Waals surface area contributed by atoms with Gasteiger partial charge in [0, 0.05) is 36.2 Å². The number of likely N-dealkylation sites (tertiary alicyclic amines) is 1. The number of nitrogens with zero attached hydrogens (tertiary/aromatic N) is 3. The van der Waals surface area contributed by atoms with Crippen LogP contribution in [0.2, 0.25) is 0 Å². The number of carbonyl (C=O) groups is 1. The van der Waals surface area contributed by atoms with E-state index >= 15 is 0 Å². The molecule has 0 radical (unpaired) electrons. The Morgan fingerprint density at radius 2 is 1.95 bits per heavy atom. The maximum atomic E-state index is 11.2. The molecule has 1 heterocycles. The molecule has 1 aliphatic heterocycles. The van der Waals surface area contributed by atoms with Crippen LogP contribution in [0.5, 0.6) is 0 Å². The van der Waals surface area contributed by atoms with Crippen LogP contribution < -0.4 is 5.73 Å². The minimum Gasteiger partial charge on any atom is -0.481 e. The van der Waals surface area contributed by atoms with E-state index in [1.165, 1.54) is 0 Å². The molecule has 8 heteroatoms. The summed E-state index contributed by atoms with van der Waals surface area (Å²) < 4.78 is 0. The highest BCUT2D eigenvalue weighted by Crippen LogP contribution is 2.38. The van der Waals surface area contributed by atoms with Crippen LogP contribution in [-0.4, -0.2) is 39.9 Å². The number of nitrogens with two attached hydrogens (primary N) is 1. The molecule has 0 bridgehead atoms. The Balaban J connectivity index is 1.48. The Morgan fingerprint density at radius 1 is 1.22 bits per heavy atom. The van der Waals surface area contributed by atoms with E-state index in [0.717, 1.165) is 30.5 Å². The molecule has 0 spiro atoms. The zero-order valence-electron chi connectivity index (χ0n) is 23.5. The van der Waals surface area contributed by atoms with Gasteiger partial charge in [-0.15, -0.1) is 0 Å². The van der Waals surface area contributed by atoms with Gasteiger partial charge >= 0.3 is 5.97 Å². The molecule has 3 unspecified atom stereocenters. The van der Waals surface area contributed by atoms with Crippen molar-refractivity contribution >= 4 is 34.7 Å². The molecule has 216 valence electrons.